The van der Waals surface area contributed by atoms with E-state index in [9.17, 15) is 18.0 Å². The average molecular weight is 441 g/mol. The van der Waals surface area contributed by atoms with Gasteiger partial charge in [0.2, 0.25) is 10.0 Å². The van der Waals surface area contributed by atoms with E-state index in [0.717, 1.165) is 0 Å². The lowest BCUT2D eigenvalue weighted by molar-refractivity contribution is -0.118. The van der Waals surface area contributed by atoms with Gasteiger partial charge in [-0.2, -0.15) is 4.31 Å². The first kappa shape index (κ1) is 19.5. The minimum absolute atomic E-state index is 0.0524. The number of carbonyl (C=O) groups is 2. The van der Waals surface area contributed by atoms with Gasteiger partial charge in [-0.1, -0.05) is 0 Å². The van der Waals surface area contributed by atoms with Crippen LogP contribution in [0.1, 0.15) is 10.4 Å². The van der Waals surface area contributed by atoms with Gasteiger partial charge < -0.3 is 19.9 Å². The summed E-state index contributed by atoms with van der Waals surface area (Å²) in [6.45, 7) is 0.845. The Bertz CT molecular complexity index is 1290. The summed E-state index contributed by atoms with van der Waals surface area (Å²) in [6, 6.07) is 8.27. The number of sulfonamides is 1. The zero-order valence-electron chi connectivity index (χ0n) is 16.4. The number of amides is 2. The van der Waals surface area contributed by atoms with Crippen molar-refractivity contribution in [3.05, 3.63) is 48.3 Å². The number of anilines is 1. The van der Waals surface area contributed by atoms with E-state index in [0.29, 0.717) is 28.0 Å². The maximum absolute atomic E-state index is 13.1. The molecule has 1 fully saturated rings. The molecule has 11 heteroatoms. The Morgan fingerprint density at radius 3 is 2.74 bits per heavy atom. The van der Waals surface area contributed by atoms with Crippen molar-refractivity contribution in [3.8, 4) is 5.75 Å². The predicted molar refractivity (Wildman–Crippen MR) is 111 cm³/mol. The molecule has 0 atom stereocenters. The van der Waals surface area contributed by atoms with Gasteiger partial charge in [-0.25, -0.2) is 13.4 Å². The quantitative estimate of drug-likeness (QED) is 0.626. The first-order valence-electron chi connectivity index (χ1n) is 9.72. The highest BCUT2D eigenvalue weighted by Gasteiger charge is 2.32. The fraction of sp³-hybridized carbons (Fsp3) is 0.250. The van der Waals surface area contributed by atoms with Crippen LogP contribution in [0.4, 0.5) is 5.69 Å². The van der Waals surface area contributed by atoms with Crippen LogP contribution in [0.3, 0.4) is 0 Å². The SMILES string of the molecule is O=C1COc2ccc(C(=O)N3CCN(S(=O)(=O)c4c[nH]c5ncccc45)CC3)cc2N1. The number of hydrogen-bond donors (Lipinski definition) is 2. The van der Waals surface area contributed by atoms with Crippen LogP contribution < -0.4 is 10.1 Å². The second kappa shape index (κ2) is 7.36. The van der Waals surface area contributed by atoms with E-state index in [2.05, 4.69) is 15.3 Å². The van der Waals surface area contributed by atoms with E-state index >= 15 is 0 Å². The summed E-state index contributed by atoms with van der Waals surface area (Å²) in [7, 11) is -3.72. The number of fused-ring (bicyclic) bond motifs is 2. The molecule has 1 aromatic carbocycles. The summed E-state index contributed by atoms with van der Waals surface area (Å²) in [6.07, 6.45) is 3.05. The lowest BCUT2D eigenvalue weighted by Gasteiger charge is -2.34. The van der Waals surface area contributed by atoms with Crippen molar-refractivity contribution in [1.29, 1.82) is 0 Å². The highest BCUT2D eigenvalue weighted by molar-refractivity contribution is 7.89. The molecule has 0 unspecified atom stereocenters. The van der Waals surface area contributed by atoms with Crippen molar-refractivity contribution >= 4 is 38.6 Å². The minimum Gasteiger partial charge on any atom is -0.482 e. The molecule has 0 aliphatic carbocycles. The first-order valence-corrected chi connectivity index (χ1v) is 11.2. The van der Waals surface area contributed by atoms with Crippen LogP contribution in [-0.4, -0.2) is 72.2 Å². The Balaban J connectivity index is 1.31. The summed E-state index contributed by atoms with van der Waals surface area (Å²) in [5.74, 6) is 0.0136. The number of piperazine rings is 1. The van der Waals surface area contributed by atoms with Crippen molar-refractivity contribution in [2.24, 2.45) is 0 Å². The van der Waals surface area contributed by atoms with Crippen molar-refractivity contribution in [1.82, 2.24) is 19.2 Å². The molecule has 5 rings (SSSR count). The third-order valence-corrected chi connectivity index (χ3v) is 7.35. The third-order valence-electron chi connectivity index (χ3n) is 5.42. The largest absolute Gasteiger partial charge is 0.482 e. The third kappa shape index (κ3) is 3.41. The maximum atomic E-state index is 13.1. The summed E-state index contributed by atoms with van der Waals surface area (Å²) < 4.78 is 32.9. The lowest BCUT2D eigenvalue weighted by atomic mass is 10.1. The molecule has 0 bridgehead atoms. The number of aromatic amines is 1. The number of nitrogens with one attached hydrogen (secondary N) is 2. The molecule has 3 aromatic rings. The van der Waals surface area contributed by atoms with Crippen LogP contribution in [0.2, 0.25) is 0 Å². The first-order chi connectivity index (χ1) is 14.9. The zero-order chi connectivity index (χ0) is 21.6. The van der Waals surface area contributed by atoms with Gasteiger partial charge in [-0.15, -0.1) is 0 Å². The standard InChI is InChI=1S/C20H19N5O5S/c26-18-12-30-16-4-3-13(10-15(16)23-18)20(27)24-6-8-25(9-7-24)31(28,29)17-11-22-19-14(17)2-1-5-21-19/h1-5,10-11H,6-9,12H2,(H,21,22)(H,23,26). The van der Waals surface area contributed by atoms with Crippen molar-refractivity contribution in [2.75, 3.05) is 38.1 Å². The summed E-state index contributed by atoms with van der Waals surface area (Å²) in [4.78, 5) is 33.3. The molecule has 10 nitrogen and oxygen atoms in total. The molecular formula is C20H19N5O5S. The molecule has 2 aromatic heterocycles. The Morgan fingerprint density at radius 1 is 1.13 bits per heavy atom. The lowest BCUT2D eigenvalue weighted by Crippen LogP contribution is -2.50. The molecule has 160 valence electrons. The van der Waals surface area contributed by atoms with Gasteiger partial charge in [0.15, 0.2) is 6.61 Å². The Labute approximate surface area is 177 Å². The number of ether oxygens (including phenoxy) is 1. The van der Waals surface area contributed by atoms with Gasteiger partial charge in [0.25, 0.3) is 11.8 Å². The smallest absolute Gasteiger partial charge is 0.262 e. The molecule has 0 saturated carbocycles. The second-order valence-electron chi connectivity index (χ2n) is 7.30. The second-order valence-corrected chi connectivity index (χ2v) is 9.20. The van der Waals surface area contributed by atoms with E-state index in [1.165, 1.54) is 10.5 Å². The monoisotopic (exact) mass is 441 g/mol. The predicted octanol–water partition coefficient (Wildman–Crippen LogP) is 1.04. The van der Waals surface area contributed by atoms with Crippen LogP contribution in [0.25, 0.3) is 11.0 Å². The molecule has 0 radical (unpaired) electrons. The molecule has 4 heterocycles. The average Bonchev–Trinajstić information content (AvgIpc) is 3.23. The van der Waals surface area contributed by atoms with E-state index in [4.69, 9.17) is 4.74 Å². The molecule has 2 N–H and O–H groups in total. The molecule has 2 aliphatic rings. The molecule has 1 saturated heterocycles. The fourth-order valence-electron chi connectivity index (χ4n) is 3.81. The van der Waals surface area contributed by atoms with Crippen molar-refractivity contribution in [3.63, 3.8) is 0 Å². The molecule has 0 spiro atoms. The van der Waals surface area contributed by atoms with E-state index < -0.39 is 10.0 Å². The highest BCUT2D eigenvalue weighted by Crippen LogP contribution is 2.29. The normalized spacial score (nSPS) is 17.2. The topological polar surface area (TPSA) is 125 Å². The Hall–Kier alpha value is -3.44. The fourth-order valence-corrected chi connectivity index (χ4v) is 5.39. The number of benzene rings is 1. The van der Waals surface area contributed by atoms with E-state index in [-0.39, 0.29) is 49.5 Å². The summed E-state index contributed by atoms with van der Waals surface area (Å²) >= 11 is 0. The number of pyridine rings is 1. The molecule has 2 amide bonds. The van der Waals surface area contributed by atoms with Crippen molar-refractivity contribution in [2.45, 2.75) is 4.90 Å². The van der Waals surface area contributed by atoms with Gasteiger partial charge in [-0.05, 0) is 30.3 Å². The van der Waals surface area contributed by atoms with Gasteiger partial charge in [0, 0.05) is 49.5 Å². The number of hydrogen-bond acceptors (Lipinski definition) is 6. The minimum atomic E-state index is -3.72. The van der Waals surface area contributed by atoms with E-state index in [1.807, 2.05) is 0 Å². The van der Waals surface area contributed by atoms with Crippen LogP contribution >= 0.6 is 0 Å². The van der Waals surface area contributed by atoms with Gasteiger partial charge in [0.1, 0.15) is 16.3 Å². The van der Waals surface area contributed by atoms with E-state index in [1.54, 1.807) is 41.4 Å². The number of rotatable bonds is 3. The van der Waals surface area contributed by atoms with Gasteiger partial charge in [-0.3, -0.25) is 9.59 Å². The van der Waals surface area contributed by atoms with Crippen molar-refractivity contribution < 1.29 is 22.7 Å². The van der Waals surface area contributed by atoms with Crippen LogP contribution in [0.5, 0.6) is 5.75 Å². The van der Waals surface area contributed by atoms with Crippen LogP contribution in [0, 0.1) is 0 Å². The number of nitrogens with zero attached hydrogens (tertiary/aromatic N) is 3. The van der Waals surface area contributed by atoms with Gasteiger partial charge >= 0.3 is 0 Å². The van der Waals surface area contributed by atoms with Crippen LogP contribution in [-0.2, 0) is 14.8 Å². The maximum Gasteiger partial charge on any atom is 0.262 e. The Kier molecular flexibility index (Phi) is 4.63. The zero-order valence-corrected chi connectivity index (χ0v) is 17.2. The van der Waals surface area contributed by atoms with Gasteiger partial charge in [0.05, 0.1) is 5.69 Å². The number of aromatic nitrogens is 2. The molecule has 2 aliphatic heterocycles. The molecule has 31 heavy (non-hydrogen) atoms. The number of H-pyrrole nitrogens is 1. The Morgan fingerprint density at radius 2 is 1.94 bits per heavy atom. The summed E-state index contributed by atoms with van der Waals surface area (Å²) in [5.41, 5.74) is 1.37. The number of carbonyl (C=O) groups excluding carboxylic acids is 2. The molecular weight excluding hydrogens is 422 g/mol. The van der Waals surface area contributed by atoms with Crippen LogP contribution in [0.15, 0.2) is 47.6 Å². The highest BCUT2D eigenvalue weighted by atomic mass is 32.2. The summed E-state index contributed by atoms with van der Waals surface area (Å²) in [5, 5.41) is 3.23.